The van der Waals surface area contributed by atoms with E-state index < -0.39 is 23.7 Å². The molecular formula is C31H40FN7O3. The summed E-state index contributed by atoms with van der Waals surface area (Å²) in [6.07, 6.45) is 8.93. The fourth-order valence-electron chi connectivity index (χ4n) is 7.18. The van der Waals surface area contributed by atoms with Gasteiger partial charge in [-0.05, 0) is 74.6 Å². The Bertz CT molecular complexity index is 1310. The highest BCUT2D eigenvalue weighted by molar-refractivity contribution is 6.03. The molecule has 3 saturated heterocycles. The first-order valence-electron chi connectivity index (χ1n) is 15.2. The maximum absolute atomic E-state index is 15.0. The molecule has 3 aliphatic heterocycles. The second-order valence-electron chi connectivity index (χ2n) is 12.3. The number of nitrogens with one attached hydrogen (secondary N) is 2. The van der Waals surface area contributed by atoms with E-state index in [2.05, 4.69) is 42.5 Å². The Kier molecular flexibility index (Phi) is 8.02. The molecule has 0 radical (unpaired) electrons. The van der Waals surface area contributed by atoms with Crippen molar-refractivity contribution in [3.8, 4) is 0 Å². The first kappa shape index (κ1) is 28.4. The van der Waals surface area contributed by atoms with Crippen LogP contribution in [0.25, 0.3) is 0 Å². The van der Waals surface area contributed by atoms with Crippen molar-refractivity contribution in [2.75, 3.05) is 54.8 Å². The van der Waals surface area contributed by atoms with Crippen LogP contribution in [-0.2, 0) is 9.59 Å². The van der Waals surface area contributed by atoms with Crippen molar-refractivity contribution in [2.45, 2.75) is 63.5 Å². The summed E-state index contributed by atoms with van der Waals surface area (Å²) < 4.78 is 15.0. The fourth-order valence-corrected chi connectivity index (χ4v) is 7.18. The second-order valence-corrected chi connectivity index (χ2v) is 12.3. The summed E-state index contributed by atoms with van der Waals surface area (Å²) in [5.41, 5.74) is 8.58. The number of hydrogen-bond acceptors (Lipinski definition) is 8. The lowest BCUT2D eigenvalue weighted by atomic mass is 9.66. The molecule has 1 aliphatic carbocycles. The van der Waals surface area contributed by atoms with Crippen LogP contribution in [0, 0.1) is 11.2 Å². The van der Waals surface area contributed by atoms with Gasteiger partial charge in [-0.3, -0.25) is 24.6 Å². The zero-order chi connectivity index (χ0) is 29.3. The molecule has 10 nitrogen and oxygen atoms in total. The van der Waals surface area contributed by atoms with Gasteiger partial charge >= 0.3 is 0 Å². The van der Waals surface area contributed by atoms with Crippen LogP contribution in [0.3, 0.4) is 0 Å². The number of benzene rings is 1. The van der Waals surface area contributed by atoms with Gasteiger partial charge in [0, 0.05) is 69.2 Å². The Hall–Kier alpha value is -3.73. The third-order valence-electron chi connectivity index (χ3n) is 9.88. The number of hydrogen-bond donors (Lipinski definition) is 3. The molecule has 1 aromatic carbocycles. The van der Waals surface area contributed by atoms with Crippen molar-refractivity contribution < 1.29 is 18.8 Å². The zero-order valence-electron chi connectivity index (χ0n) is 24.0. The molecule has 4 N–H and O–H groups in total. The summed E-state index contributed by atoms with van der Waals surface area (Å²) in [6, 6.07) is 9.32. The van der Waals surface area contributed by atoms with Crippen LogP contribution in [-0.4, -0.2) is 79.0 Å². The summed E-state index contributed by atoms with van der Waals surface area (Å²) in [5, 5.41) is 4.68. The lowest BCUT2D eigenvalue weighted by Gasteiger charge is -2.49. The molecule has 4 heterocycles. The molecule has 1 saturated carbocycles. The number of carbonyl (C=O) groups excluding carboxylic acids is 3. The number of carbonyl (C=O) groups is 3. The summed E-state index contributed by atoms with van der Waals surface area (Å²) in [6.45, 7) is 5.96. The molecule has 11 heteroatoms. The molecule has 4 aliphatic rings. The van der Waals surface area contributed by atoms with E-state index in [0.717, 1.165) is 57.8 Å². The number of nitrogen functional groups attached to an aromatic ring is 1. The number of aromatic nitrogens is 1. The average Bonchev–Trinajstić information content (AvgIpc) is 3.00. The third-order valence-corrected chi connectivity index (χ3v) is 9.88. The zero-order valence-corrected chi connectivity index (χ0v) is 24.0. The van der Waals surface area contributed by atoms with Crippen molar-refractivity contribution in [1.82, 2.24) is 20.5 Å². The highest BCUT2D eigenvalue weighted by Gasteiger charge is 2.40. The number of amides is 3. The van der Waals surface area contributed by atoms with Gasteiger partial charge in [-0.25, -0.2) is 9.37 Å². The number of anilines is 3. The highest BCUT2D eigenvalue weighted by Crippen LogP contribution is 2.46. The molecular weight excluding hydrogens is 537 g/mol. The number of piperazine rings is 1. The number of imide groups is 1. The third kappa shape index (κ3) is 6.06. The van der Waals surface area contributed by atoms with E-state index in [1.54, 1.807) is 6.20 Å². The molecule has 2 aromatic rings. The molecule has 1 spiro atoms. The predicted molar refractivity (Wildman–Crippen MR) is 159 cm³/mol. The van der Waals surface area contributed by atoms with Crippen LogP contribution in [0.15, 0.2) is 36.5 Å². The molecule has 3 amide bonds. The van der Waals surface area contributed by atoms with E-state index in [4.69, 9.17) is 5.73 Å². The molecule has 1 atom stereocenters. The van der Waals surface area contributed by atoms with Gasteiger partial charge in [0.15, 0.2) is 11.5 Å². The fraction of sp³-hybridized carbons (Fsp3) is 0.548. The lowest BCUT2D eigenvalue weighted by molar-refractivity contribution is -0.134. The summed E-state index contributed by atoms with van der Waals surface area (Å²) in [4.78, 5) is 47.2. The number of nitrogens with two attached hydrogens (primary N) is 1. The molecule has 1 aromatic heterocycles. The SMILES string of the molecule is Nc1ccc(N2CCN(C3CCC4(CC3)CCN(c3cnc(C(=O)NC5CCC(=O)NC5=O)c(F)c3)CC4)CC2)cc1. The Morgan fingerprint density at radius 1 is 0.929 bits per heavy atom. The Labute approximate surface area is 245 Å². The molecule has 4 fully saturated rings. The Morgan fingerprint density at radius 3 is 2.24 bits per heavy atom. The molecule has 42 heavy (non-hydrogen) atoms. The quantitative estimate of drug-likeness (QED) is 0.366. The Balaban J connectivity index is 0.970. The van der Waals surface area contributed by atoms with Crippen molar-refractivity contribution in [1.29, 1.82) is 0 Å². The normalized spacial score (nSPS) is 23.6. The minimum atomic E-state index is -0.872. The van der Waals surface area contributed by atoms with Gasteiger partial charge in [-0.1, -0.05) is 0 Å². The van der Waals surface area contributed by atoms with Crippen LogP contribution in [0.2, 0.25) is 0 Å². The number of rotatable bonds is 5. The summed E-state index contributed by atoms with van der Waals surface area (Å²) in [7, 11) is 0. The van der Waals surface area contributed by atoms with E-state index in [1.165, 1.54) is 37.4 Å². The first-order valence-corrected chi connectivity index (χ1v) is 15.2. The van der Waals surface area contributed by atoms with Crippen molar-refractivity contribution >= 4 is 34.8 Å². The number of pyridine rings is 1. The lowest BCUT2D eigenvalue weighted by Crippen LogP contribution is -2.52. The second kappa shape index (κ2) is 11.9. The van der Waals surface area contributed by atoms with Crippen LogP contribution < -0.4 is 26.2 Å². The number of nitrogens with zero attached hydrogens (tertiary/aromatic N) is 4. The van der Waals surface area contributed by atoms with Gasteiger partial charge in [0.2, 0.25) is 11.8 Å². The summed E-state index contributed by atoms with van der Waals surface area (Å²) >= 11 is 0. The van der Waals surface area contributed by atoms with Crippen molar-refractivity contribution in [3.63, 3.8) is 0 Å². The van der Waals surface area contributed by atoms with Crippen LogP contribution in [0.1, 0.15) is 61.9 Å². The Morgan fingerprint density at radius 2 is 1.60 bits per heavy atom. The number of halogens is 1. The van der Waals surface area contributed by atoms with E-state index in [0.29, 0.717) is 17.1 Å². The molecule has 0 bridgehead atoms. The standard InChI is InChI=1S/C31H40FN7O3/c32-25-19-24(20-34-28(25)30(42)35-26-5-6-27(40)36-29(26)41)37-13-11-31(12-14-37)9-7-23(8-10-31)39-17-15-38(16-18-39)22-3-1-21(33)2-4-22/h1-4,19-20,23,26H,5-18,33H2,(H,35,42)(H,36,40,41). The van der Waals surface area contributed by atoms with Gasteiger partial charge in [0.05, 0.1) is 11.9 Å². The maximum Gasteiger partial charge on any atom is 0.273 e. The topological polar surface area (TPSA) is 124 Å². The molecule has 6 rings (SSSR count). The monoisotopic (exact) mass is 577 g/mol. The molecule has 224 valence electrons. The van der Waals surface area contributed by atoms with Gasteiger partial charge in [0.25, 0.3) is 5.91 Å². The summed E-state index contributed by atoms with van der Waals surface area (Å²) in [5.74, 6) is -2.42. The van der Waals surface area contributed by atoms with E-state index in [9.17, 15) is 18.8 Å². The van der Waals surface area contributed by atoms with Gasteiger partial charge < -0.3 is 20.9 Å². The van der Waals surface area contributed by atoms with Gasteiger partial charge in [-0.15, -0.1) is 0 Å². The van der Waals surface area contributed by atoms with E-state index >= 15 is 0 Å². The van der Waals surface area contributed by atoms with Crippen LogP contribution in [0.5, 0.6) is 0 Å². The number of piperidine rings is 2. The van der Waals surface area contributed by atoms with Crippen molar-refractivity contribution in [2.24, 2.45) is 5.41 Å². The van der Waals surface area contributed by atoms with E-state index in [1.807, 2.05) is 12.1 Å². The largest absolute Gasteiger partial charge is 0.399 e. The average molecular weight is 578 g/mol. The van der Waals surface area contributed by atoms with Gasteiger partial charge in [-0.2, -0.15) is 0 Å². The minimum Gasteiger partial charge on any atom is -0.399 e. The van der Waals surface area contributed by atoms with Crippen LogP contribution >= 0.6 is 0 Å². The van der Waals surface area contributed by atoms with Crippen molar-refractivity contribution in [3.05, 3.63) is 48.0 Å². The smallest absolute Gasteiger partial charge is 0.273 e. The van der Waals surface area contributed by atoms with E-state index in [-0.39, 0.29) is 24.4 Å². The first-order chi connectivity index (χ1) is 20.3. The minimum absolute atomic E-state index is 0.130. The maximum atomic E-state index is 15.0. The highest BCUT2D eigenvalue weighted by atomic mass is 19.1. The van der Waals surface area contributed by atoms with Gasteiger partial charge in [0.1, 0.15) is 6.04 Å². The molecule has 1 unspecified atom stereocenters. The predicted octanol–water partition coefficient (Wildman–Crippen LogP) is 2.69. The van der Waals surface area contributed by atoms with Crippen LogP contribution in [0.4, 0.5) is 21.5 Å².